The Bertz CT molecular complexity index is 1050. The van der Waals surface area contributed by atoms with Crippen LogP contribution in [0.25, 0.3) is 11.3 Å². The number of hydrogen-bond acceptors (Lipinski definition) is 5. The van der Waals surface area contributed by atoms with Gasteiger partial charge in [0.15, 0.2) is 5.11 Å². The number of nitrogens with zero attached hydrogens (tertiary/aromatic N) is 2. The quantitative estimate of drug-likeness (QED) is 0.418. The minimum Gasteiger partial charge on any atom is -0.465 e. The van der Waals surface area contributed by atoms with E-state index in [1.165, 1.54) is 7.11 Å². The van der Waals surface area contributed by atoms with Crippen LogP contribution in [0.15, 0.2) is 65.2 Å². The number of hydrogen-bond donors (Lipinski definition) is 1. The molecule has 6 nitrogen and oxygen atoms in total. The van der Waals surface area contributed by atoms with Crippen LogP contribution in [-0.4, -0.2) is 34.6 Å². The standard InChI is InChI=1S/C24H25N3O3S/c1-3-4-15-27-22(21(26-24(27)31)18-7-5-6-14-25-18)20-13-12-19(30-20)16-8-10-17(11-9-16)23(28)29-2/h5-14,21-22H,3-4,15H2,1-2H3,(H,26,31)/t21-,22+/m1/s1. The number of ether oxygens (including phenoxy) is 1. The number of benzene rings is 1. The van der Waals surface area contributed by atoms with Crippen molar-refractivity contribution in [2.24, 2.45) is 0 Å². The number of esters is 1. The van der Waals surface area contributed by atoms with E-state index in [4.69, 9.17) is 21.4 Å². The first kappa shape index (κ1) is 21.1. The number of methoxy groups -OCH3 is 1. The highest BCUT2D eigenvalue weighted by Crippen LogP contribution is 2.40. The van der Waals surface area contributed by atoms with Crippen molar-refractivity contribution in [1.82, 2.24) is 15.2 Å². The van der Waals surface area contributed by atoms with Crippen molar-refractivity contribution in [2.75, 3.05) is 13.7 Å². The molecule has 2 aromatic heterocycles. The highest BCUT2D eigenvalue weighted by Gasteiger charge is 2.41. The van der Waals surface area contributed by atoms with Crippen LogP contribution < -0.4 is 5.32 Å². The lowest BCUT2D eigenvalue weighted by Gasteiger charge is -2.25. The lowest BCUT2D eigenvalue weighted by Crippen LogP contribution is -2.30. The minimum atomic E-state index is -0.359. The average molecular weight is 436 g/mol. The number of pyridine rings is 1. The summed E-state index contributed by atoms with van der Waals surface area (Å²) in [6, 6.07) is 16.9. The fourth-order valence-corrected chi connectivity index (χ4v) is 4.17. The van der Waals surface area contributed by atoms with Gasteiger partial charge in [-0.25, -0.2) is 4.79 Å². The molecule has 0 amide bonds. The normalized spacial score (nSPS) is 18.1. The second-order valence-corrected chi connectivity index (χ2v) is 7.83. The first-order valence-electron chi connectivity index (χ1n) is 10.4. The van der Waals surface area contributed by atoms with Gasteiger partial charge in [0.05, 0.1) is 24.4 Å². The predicted octanol–water partition coefficient (Wildman–Crippen LogP) is 4.90. The third-order valence-corrected chi connectivity index (χ3v) is 5.81. The Labute approximate surface area is 187 Å². The maximum absolute atomic E-state index is 11.7. The summed E-state index contributed by atoms with van der Waals surface area (Å²) in [7, 11) is 1.37. The second kappa shape index (κ2) is 9.31. The largest absolute Gasteiger partial charge is 0.465 e. The van der Waals surface area contributed by atoms with Crippen LogP contribution in [0.5, 0.6) is 0 Å². The Morgan fingerprint density at radius 1 is 1.19 bits per heavy atom. The number of unbranched alkanes of at least 4 members (excludes halogenated alkanes) is 1. The molecule has 0 saturated carbocycles. The van der Waals surface area contributed by atoms with Crippen molar-refractivity contribution in [1.29, 1.82) is 0 Å². The van der Waals surface area contributed by atoms with Crippen LogP contribution in [0.2, 0.25) is 0 Å². The van der Waals surface area contributed by atoms with Gasteiger partial charge in [-0.3, -0.25) is 4.98 Å². The molecule has 31 heavy (non-hydrogen) atoms. The number of nitrogens with one attached hydrogen (secondary N) is 1. The summed E-state index contributed by atoms with van der Waals surface area (Å²) in [5.74, 6) is 1.20. The lowest BCUT2D eigenvalue weighted by molar-refractivity contribution is 0.0600. The van der Waals surface area contributed by atoms with Gasteiger partial charge in [-0.05, 0) is 55.0 Å². The van der Waals surface area contributed by atoms with Gasteiger partial charge in [0, 0.05) is 18.3 Å². The smallest absolute Gasteiger partial charge is 0.337 e. The number of furan rings is 1. The van der Waals surface area contributed by atoms with Crippen molar-refractivity contribution >= 4 is 23.3 Å². The predicted molar refractivity (Wildman–Crippen MR) is 123 cm³/mol. The SMILES string of the molecule is CCCCN1C(=S)N[C@H](c2ccccn2)[C@@H]1c1ccc(-c2ccc(C(=O)OC)cc2)o1. The summed E-state index contributed by atoms with van der Waals surface area (Å²) in [5.41, 5.74) is 2.32. The number of rotatable bonds is 7. The zero-order valence-electron chi connectivity index (χ0n) is 17.6. The monoisotopic (exact) mass is 435 g/mol. The van der Waals surface area contributed by atoms with Gasteiger partial charge in [0.1, 0.15) is 17.6 Å². The summed E-state index contributed by atoms with van der Waals surface area (Å²) in [5, 5.41) is 4.15. The Hall–Kier alpha value is -3.19. The molecule has 0 aliphatic carbocycles. The van der Waals surface area contributed by atoms with E-state index in [0.29, 0.717) is 5.56 Å². The van der Waals surface area contributed by atoms with Crippen molar-refractivity contribution in [3.8, 4) is 11.3 Å². The molecular formula is C24H25N3O3S. The van der Waals surface area contributed by atoms with E-state index in [1.54, 1.807) is 18.3 Å². The molecule has 3 aromatic rings. The van der Waals surface area contributed by atoms with Gasteiger partial charge in [-0.1, -0.05) is 31.5 Å². The van der Waals surface area contributed by atoms with Crippen molar-refractivity contribution in [3.63, 3.8) is 0 Å². The molecule has 160 valence electrons. The van der Waals surface area contributed by atoms with E-state index in [1.807, 2.05) is 42.5 Å². The zero-order chi connectivity index (χ0) is 21.8. The van der Waals surface area contributed by atoms with Crippen molar-refractivity contribution < 1.29 is 13.9 Å². The molecule has 0 radical (unpaired) electrons. The molecule has 1 fully saturated rings. The van der Waals surface area contributed by atoms with E-state index in [0.717, 1.165) is 47.3 Å². The molecule has 4 rings (SSSR count). The van der Waals surface area contributed by atoms with Crippen molar-refractivity contribution in [2.45, 2.75) is 31.8 Å². The van der Waals surface area contributed by atoms with Gasteiger partial charge in [-0.2, -0.15) is 0 Å². The molecule has 3 heterocycles. The molecule has 0 unspecified atom stereocenters. The average Bonchev–Trinajstić information content (AvgIpc) is 3.42. The van der Waals surface area contributed by atoms with Gasteiger partial charge in [0.2, 0.25) is 0 Å². The molecule has 1 saturated heterocycles. The molecule has 0 bridgehead atoms. The summed E-state index contributed by atoms with van der Waals surface area (Å²) < 4.78 is 11.1. The summed E-state index contributed by atoms with van der Waals surface area (Å²) in [4.78, 5) is 18.4. The number of carbonyl (C=O) groups excluding carboxylic acids is 1. The van der Waals surface area contributed by atoms with Gasteiger partial charge < -0.3 is 19.4 Å². The minimum absolute atomic E-state index is 0.0861. The van der Waals surface area contributed by atoms with E-state index in [2.05, 4.69) is 22.1 Å². The van der Waals surface area contributed by atoms with Crippen LogP contribution in [0.1, 0.15) is 53.7 Å². The Kier molecular flexibility index (Phi) is 6.32. The number of carbonyl (C=O) groups is 1. The molecule has 1 N–H and O–H groups in total. The fourth-order valence-electron chi connectivity index (χ4n) is 3.84. The van der Waals surface area contributed by atoms with Gasteiger partial charge in [0.25, 0.3) is 0 Å². The van der Waals surface area contributed by atoms with Crippen LogP contribution in [0.4, 0.5) is 0 Å². The van der Waals surface area contributed by atoms with E-state index in [-0.39, 0.29) is 18.1 Å². The molecule has 1 aromatic carbocycles. The van der Waals surface area contributed by atoms with Crippen LogP contribution in [0, 0.1) is 0 Å². The van der Waals surface area contributed by atoms with Crippen LogP contribution in [-0.2, 0) is 4.74 Å². The second-order valence-electron chi connectivity index (χ2n) is 7.44. The van der Waals surface area contributed by atoms with E-state index in [9.17, 15) is 4.79 Å². The molecule has 1 aliphatic heterocycles. The summed E-state index contributed by atoms with van der Waals surface area (Å²) in [6.07, 6.45) is 3.91. The first-order chi connectivity index (χ1) is 15.1. The Balaban J connectivity index is 1.65. The molecular weight excluding hydrogens is 410 g/mol. The van der Waals surface area contributed by atoms with Crippen molar-refractivity contribution in [3.05, 3.63) is 77.8 Å². The van der Waals surface area contributed by atoms with E-state index < -0.39 is 0 Å². The maximum atomic E-state index is 11.7. The zero-order valence-corrected chi connectivity index (χ0v) is 18.4. The summed E-state index contributed by atoms with van der Waals surface area (Å²) in [6.45, 7) is 3.01. The highest BCUT2D eigenvalue weighted by atomic mass is 32.1. The van der Waals surface area contributed by atoms with Gasteiger partial charge >= 0.3 is 5.97 Å². The number of aromatic nitrogens is 1. The first-order valence-corrected chi connectivity index (χ1v) is 10.8. The van der Waals surface area contributed by atoms with Crippen LogP contribution >= 0.6 is 12.2 Å². The third kappa shape index (κ3) is 4.32. The molecule has 1 aliphatic rings. The van der Waals surface area contributed by atoms with Gasteiger partial charge in [-0.15, -0.1) is 0 Å². The topological polar surface area (TPSA) is 67.6 Å². The molecule has 0 spiro atoms. The Morgan fingerprint density at radius 2 is 2.00 bits per heavy atom. The third-order valence-electron chi connectivity index (χ3n) is 5.46. The lowest BCUT2D eigenvalue weighted by atomic mass is 10.0. The number of thiocarbonyl (C=S) groups is 1. The molecule has 7 heteroatoms. The summed E-state index contributed by atoms with van der Waals surface area (Å²) >= 11 is 5.66. The fraction of sp³-hybridized carbons (Fsp3) is 0.292. The maximum Gasteiger partial charge on any atom is 0.337 e. The Morgan fingerprint density at radius 3 is 2.68 bits per heavy atom. The van der Waals surface area contributed by atoms with Crippen LogP contribution in [0.3, 0.4) is 0 Å². The highest BCUT2D eigenvalue weighted by molar-refractivity contribution is 7.80. The molecule has 2 atom stereocenters. The van der Waals surface area contributed by atoms with E-state index >= 15 is 0 Å².